The molecule has 1 rings (SSSR count). The summed E-state index contributed by atoms with van der Waals surface area (Å²) in [5.74, 6) is -0.937. The van der Waals surface area contributed by atoms with Crippen LogP contribution in [0.3, 0.4) is 0 Å². The fraction of sp³-hybridized carbons (Fsp3) is 0.375. The molecule has 0 radical (unpaired) electrons. The zero-order valence-electron chi connectivity index (χ0n) is 6.97. The van der Waals surface area contributed by atoms with Crippen molar-refractivity contribution >= 4 is 6.29 Å². The van der Waals surface area contributed by atoms with Crippen molar-refractivity contribution in [1.82, 2.24) is 4.57 Å². The molecule has 1 aromatic heterocycles. The average Bonchev–Trinajstić information content (AvgIpc) is 2.32. The molecule has 0 aliphatic rings. The van der Waals surface area contributed by atoms with E-state index in [1.807, 2.05) is 0 Å². The van der Waals surface area contributed by atoms with Crippen LogP contribution >= 0.6 is 0 Å². The largest absolute Gasteiger partial charge is 0.503 e. The minimum absolute atomic E-state index is 0.208. The van der Waals surface area contributed by atoms with Gasteiger partial charge in [-0.2, -0.15) is 0 Å². The van der Waals surface area contributed by atoms with E-state index in [0.29, 0.717) is 19.4 Å². The molecule has 0 unspecified atom stereocenters. The lowest BCUT2D eigenvalue weighted by Gasteiger charge is -2.03. The van der Waals surface area contributed by atoms with Crippen molar-refractivity contribution in [3.63, 3.8) is 0 Å². The summed E-state index contributed by atoms with van der Waals surface area (Å²) in [6, 6.07) is 1.05. The molecule has 0 bridgehead atoms. The molecule has 13 heavy (non-hydrogen) atoms. The van der Waals surface area contributed by atoms with Crippen molar-refractivity contribution in [2.75, 3.05) is 0 Å². The molecule has 5 heteroatoms. The van der Waals surface area contributed by atoms with Crippen LogP contribution in [0.25, 0.3) is 0 Å². The second-order valence-electron chi connectivity index (χ2n) is 2.67. The second-order valence-corrected chi connectivity index (χ2v) is 2.67. The number of carbonyl (C=O) groups is 1. The molecule has 3 N–H and O–H groups in total. The van der Waals surface area contributed by atoms with Crippen LogP contribution in [0.15, 0.2) is 6.07 Å². The van der Waals surface area contributed by atoms with Crippen molar-refractivity contribution < 1.29 is 20.1 Å². The van der Waals surface area contributed by atoms with Crippen LogP contribution in [0.2, 0.25) is 0 Å². The Morgan fingerprint density at radius 3 is 2.54 bits per heavy atom. The molecule has 1 aromatic rings. The van der Waals surface area contributed by atoms with Crippen LogP contribution in [-0.4, -0.2) is 26.2 Å². The maximum absolute atomic E-state index is 9.99. The summed E-state index contributed by atoms with van der Waals surface area (Å²) in [5, 5.41) is 27.3. The zero-order chi connectivity index (χ0) is 9.84. The Morgan fingerprint density at radius 2 is 2.08 bits per heavy atom. The first kappa shape index (κ1) is 9.44. The summed E-state index contributed by atoms with van der Waals surface area (Å²) in [4.78, 5) is 9.99. The summed E-state index contributed by atoms with van der Waals surface area (Å²) >= 11 is 0. The van der Waals surface area contributed by atoms with Gasteiger partial charge in [-0.05, 0) is 6.42 Å². The van der Waals surface area contributed by atoms with Crippen molar-refractivity contribution in [2.45, 2.75) is 19.4 Å². The predicted octanol–water partition coefficient (Wildman–Crippen LogP) is 0.584. The van der Waals surface area contributed by atoms with Gasteiger partial charge in [0.15, 0.2) is 11.6 Å². The van der Waals surface area contributed by atoms with Crippen molar-refractivity contribution in [3.8, 4) is 17.5 Å². The Bertz CT molecular complexity index is 305. The van der Waals surface area contributed by atoms with Gasteiger partial charge < -0.3 is 20.1 Å². The fourth-order valence-corrected chi connectivity index (χ4v) is 1.06. The number of nitrogens with zero attached hydrogens (tertiary/aromatic N) is 1. The van der Waals surface area contributed by atoms with Gasteiger partial charge in [0, 0.05) is 19.0 Å². The van der Waals surface area contributed by atoms with Crippen LogP contribution < -0.4 is 0 Å². The Balaban J connectivity index is 2.69. The lowest BCUT2D eigenvalue weighted by atomic mass is 10.3. The van der Waals surface area contributed by atoms with E-state index in [4.69, 9.17) is 10.2 Å². The standard InChI is InChI=1S/C8H11NO4/c10-4-2-1-3-9-7(12)5-6(11)8(9)13/h4-5,11-13H,1-3H2. The number of aromatic hydroxyl groups is 3. The molecule has 0 fully saturated rings. The van der Waals surface area contributed by atoms with Gasteiger partial charge in [-0.15, -0.1) is 0 Å². The first-order valence-corrected chi connectivity index (χ1v) is 3.91. The van der Waals surface area contributed by atoms with Gasteiger partial charge in [-0.1, -0.05) is 0 Å². The van der Waals surface area contributed by atoms with Gasteiger partial charge in [0.1, 0.15) is 6.29 Å². The van der Waals surface area contributed by atoms with E-state index < -0.39 is 0 Å². The molecule has 72 valence electrons. The van der Waals surface area contributed by atoms with E-state index in [2.05, 4.69) is 0 Å². The van der Waals surface area contributed by atoms with E-state index in [9.17, 15) is 9.90 Å². The van der Waals surface area contributed by atoms with Crippen LogP contribution in [0.4, 0.5) is 0 Å². The maximum atomic E-state index is 9.99. The number of carbonyl (C=O) groups excluding carboxylic acids is 1. The van der Waals surface area contributed by atoms with Gasteiger partial charge in [-0.25, -0.2) is 0 Å². The summed E-state index contributed by atoms with van der Waals surface area (Å²) in [5.41, 5.74) is 0. The highest BCUT2D eigenvalue weighted by Crippen LogP contribution is 2.33. The van der Waals surface area contributed by atoms with Gasteiger partial charge in [-0.3, -0.25) is 4.57 Å². The topological polar surface area (TPSA) is 82.7 Å². The number of hydrogen-bond donors (Lipinski definition) is 3. The molecular formula is C8H11NO4. The molecule has 0 aliphatic heterocycles. The summed E-state index contributed by atoms with van der Waals surface area (Å²) < 4.78 is 1.14. The smallest absolute Gasteiger partial charge is 0.237 e. The normalized spacial score (nSPS) is 10.2. The first-order chi connectivity index (χ1) is 6.16. The highest BCUT2D eigenvalue weighted by Gasteiger charge is 2.11. The number of rotatable bonds is 4. The molecule has 5 nitrogen and oxygen atoms in total. The second kappa shape index (κ2) is 3.84. The average molecular weight is 185 g/mol. The van der Waals surface area contributed by atoms with E-state index in [-0.39, 0.29) is 17.5 Å². The highest BCUT2D eigenvalue weighted by molar-refractivity contribution is 5.49. The monoisotopic (exact) mass is 185 g/mol. The summed E-state index contributed by atoms with van der Waals surface area (Å²) in [7, 11) is 0. The predicted molar refractivity (Wildman–Crippen MR) is 44.7 cm³/mol. The lowest BCUT2D eigenvalue weighted by molar-refractivity contribution is -0.108. The quantitative estimate of drug-likeness (QED) is 0.473. The third kappa shape index (κ3) is 1.93. The number of unbranched alkanes of at least 4 members (excludes halogenated alkanes) is 1. The maximum Gasteiger partial charge on any atom is 0.237 e. The lowest BCUT2D eigenvalue weighted by Crippen LogP contribution is -1.96. The molecule has 0 saturated carbocycles. The van der Waals surface area contributed by atoms with Crippen LogP contribution in [-0.2, 0) is 11.3 Å². The third-order valence-corrected chi connectivity index (χ3v) is 1.73. The van der Waals surface area contributed by atoms with E-state index >= 15 is 0 Å². The van der Waals surface area contributed by atoms with Crippen LogP contribution in [0.5, 0.6) is 17.5 Å². The number of aromatic nitrogens is 1. The van der Waals surface area contributed by atoms with Gasteiger partial charge in [0.2, 0.25) is 5.88 Å². The fourth-order valence-electron chi connectivity index (χ4n) is 1.06. The molecule has 0 saturated heterocycles. The van der Waals surface area contributed by atoms with Crippen molar-refractivity contribution in [2.24, 2.45) is 0 Å². The minimum atomic E-state index is -0.372. The van der Waals surface area contributed by atoms with Crippen LogP contribution in [0, 0.1) is 0 Å². The zero-order valence-corrected chi connectivity index (χ0v) is 6.97. The number of hydrogen-bond acceptors (Lipinski definition) is 4. The van der Waals surface area contributed by atoms with Gasteiger partial charge >= 0.3 is 0 Å². The SMILES string of the molecule is O=CCCCn1c(O)cc(O)c1O. The van der Waals surface area contributed by atoms with E-state index in [0.717, 1.165) is 16.9 Å². The molecule has 0 spiro atoms. The van der Waals surface area contributed by atoms with E-state index in [1.54, 1.807) is 0 Å². The van der Waals surface area contributed by atoms with Crippen LogP contribution in [0.1, 0.15) is 12.8 Å². The van der Waals surface area contributed by atoms with Crippen molar-refractivity contribution in [3.05, 3.63) is 6.07 Å². The number of aldehydes is 1. The Labute approximate surface area is 74.9 Å². The Morgan fingerprint density at radius 1 is 1.38 bits per heavy atom. The molecule has 0 aromatic carbocycles. The Kier molecular flexibility index (Phi) is 2.79. The first-order valence-electron chi connectivity index (χ1n) is 3.91. The van der Waals surface area contributed by atoms with Crippen molar-refractivity contribution in [1.29, 1.82) is 0 Å². The third-order valence-electron chi connectivity index (χ3n) is 1.73. The highest BCUT2D eigenvalue weighted by atomic mass is 16.3. The molecule has 0 atom stereocenters. The molecule has 0 amide bonds. The summed E-state index contributed by atoms with van der Waals surface area (Å²) in [6.07, 6.45) is 1.63. The molecular weight excluding hydrogens is 174 g/mol. The summed E-state index contributed by atoms with van der Waals surface area (Å²) in [6.45, 7) is 0.303. The van der Waals surface area contributed by atoms with Gasteiger partial charge in [0.25, 0.3) is 0 Å². The molecule has 1 heterocycles. The minimum Gasteiger partial charge on any atom is -0.503 e. The Hall–Kier alpha value is -1.65. The van der Waals surface area contributed by atoms with Gasteiger partial charge in [0.05, 0.1) is 0 Å². The van der Waals surface area contributed by atoms with E-state index in [1.165, 1.54) is 0 Å². The molecule has 0 aliphatic carbocycles.